The van der Waals surface area contributed by atoms with Crippen molar-refractivity contribution in [2.75, 3.05) is 13.1 Å². The van der Waals surface area contributed by atoms with Gasteiger partial charge in [0.2, 0.25) is 5.91 Å². The van der Waals surface area contributed by atoms with E-state index in [-0.39, 0.29) is 11.8 Å². The van der Waals surface area contributed by atoms with Crippen LogP contribution in [0, 0.1) is 5.92 Å². The molecule has 2 heterocycles. The molecule has 0 aromatic carbocycles. The summed E-state index contributed by atoms with van der Waals surface area (Å²) in [4.78, 5) is 24.9. The summed E-state index contributed by atoms with van der Waals surface area (Å²) in [7, 11) is 0. The van der Waals surface area contributed by atoms with Crippen LogP contribution < -0.4 is 5.73 Å². The number of carboxylic acid groups (broad SMARTS) is 1. The molecular weight excluding hydrogens is 264 g/mol. The molecule has 1 unspecified atom stereocenters. The number of carbonyl (C=O) groups excluding carboxylic acids is 1. The number of carboxylic acids is 1. The van der Waals surface area contributed by atoms with Gasteiger partial charge in [0.05, 0.1) is 5.92 Å². The molecule has 0 spiro atoms. The van der Waals surface area contributed by atoms with E-state index in [4.69, 9.17) is 10.8 Å². The third-order valence-corrected chi connectivity index (χ3v) is 4.15. The Kier molecular flexibility index (Phi) is 4.34. The number of aliphatic carboxylic acids is 1. The van der Waals surface area contributed by atoms with Gasteiger partial charge in [-0.3, -0.25) is 9.69 Å². The predicted octanol–water partition coefficient (Wildman–Crippen LogP) is 1.15. The summed E-state index contributed by atoms with van der Waals surface area (Å²) in [5.41, 5.74) is 6.23. The van der Waals surface area contributed by atoms with Crippen LogP contribution in [0.5, 0.6) is 0 Å². The number of amides is 1. The minimum Gasteiger partial charge on any atom is -0.478 e. The number of carbonyl (C=O) groups is 2. The molecule has 1 atom stereocenters. The van der Waals surface area contributed by atoms with E-state index in [1.807, 2.05) is 11.4 Å². The van der Waals surface area contributed by atoms with Gasteiger partial charge in [-0.15, -0.1) is 11.3 Å². The third-order valence-electron chi connectivity index (χ3n) is 3.23. The summed E-state index contributed by atoms with van der Waals surface area (Å²) in [6.45, 7) is 2.28. The van der Waals surface area contributed by atoms with Crippen molar-refractivity contribution in [2.24, 2.45) is 11.7 Å². The summed E-state index contributed by atoms with van der Waals surface area (Å²) in [5.74, 6) is -1.25. The van der Waals surface area contributed by atoms with Gasteiger partial charge < -0.3 is 10.8 Å². The van der Waals surface area contributed by atoms with E-state index in [9.17, 15) is 9.59 Å². The van der Waals surface area contributed by atoms with Crippen LogP contribution in [0.15, 0.2) is 17.5 Å². The van der Waals surface area contributed by atoms with E-state index in [1.54, 1.807) is 17.4 Å². The molecule has 2 rings (SSSR count). The van der Waals surface area contributed by atoms with Gasteiger partial charge in [0.15, 0.2) is 0 Å². The summed E-state index contributed by atoms with van der Waals surface area (Å²) in [6.07, 6.45) is 3.55. The quantitative estimate of drug-likeness (QED) is 0.793. The normalized spacial score (nSPS) is 20.1. The zero-order chi connectivity index (χ0) is 13.8. The average Bonchev–Trinajstić information content (AvgIpc) is 2.96. The first kappa shape index (κ1) is 13.8. The lowest BCUT2D eigenvalue weighted by molar-refractivity contribution is -0.131. The van der Waals surface area contributed by atoms with Gasteiger partial charge in [0, 0.05) is 24.0 Å². The standard InChI is InChI=1S/C13H16N2O3S/c14-13(18)10-3-5-15(7-10)8-11-9(4-6-19-11)1-2-12(16)17/h1-2,4,6,10H,3,5,7-8H2,(H2,14,18)(H,16,17)/b2-1+. The number of nitrogens with zero attached hydrogens (tertiary/aromatic N) is 1. The Bertz CT molecular complexity index is 510. The van der Waals surface area contributed by atoms with Crippen LogP contribution in [0.4, 0.5) is 0 Å². The van der Waals surface area contributed by atoms with Crippen LogP contribution in [0.2, 0.25) is 0 Å². The van der Waals surface area contributed by atoms with Crippen LogP contribution in [0.25, 0.3) is 6.08 Å². The third kappa shape index (κ3) is 3.65. The van der Waals surface area contributed by atoms with Crippen molar-refractivity contribution >= 4 is 29.3 Å². The zero-order valence-electron chi connectivity index (χ0n) is 10.4. The van der Waals surface area contributed by atoms with Gasteiger partial charge in [-0.05, 0) is 36.1 Å². The number of hydrogen-bond acceptors (Lipinski definition) is 4. The second kappa shape index (κ2) is 5.99. The monoisotopic (exact) mass is 280 g/mol. The van der Waals surface area contributed by atoms with Crippen LogP contribution in [0.1, 0.15) is 16.9 Å². The van der Waals surface area contributed by atoms with Gasteiger partial charge in [0.1, 0.15) is 0 Å². The van der Waals surface area contributed by atoms with E-state index in [1.165, 1.54) is 0 Å². The summed E-state index contributed by atoms with van der Waals surface area (Å²) < 4.78 is 0. The molecule has 1 aromatic heterocycles. The molecule has 19 heavy (non-hydrogen) atoms. The van der Waals surface area contributed by atoms with E-state index >= 15 is 0 Å². The largest absolute Gasteiger partial charge is 0.478 e. The maximum absolute atomic E-state index is 11.1. The number of thiophene rings is 1. The highest BCUT2D eigenvalue weighted by atomic mass is 32.1. The lowest BCUT2D eigenvalue weighted by Gasteiger charge is -2.14. The maximum Gasteiger partial charge on any atom is 0.328 e. The predicted molar refractivity (Wildman–Crippen MR) is 73.6 cm³/mol. The molecule has 6 heteroatoms. The van der Waals surface area contributed by atoms with Crippen LogP contribution in [-0.4, -0.2) is 35.0 Å². The lowest BCUT2D eigenvalue weighted by Crippen LogP contribution is -2.27. The first-order valence-electron chi connectivity index (χ1n) is 6.05. The minimum atomic E-state index is -0.952. The molecule has 0 bridgehead atoms. The van der Waals surface area contributed by atoms with E-state index in [2.05, 4.69) is 4.90 Å². The molecule has 5 nitrogen and oxygen atoms in total. The Morgan fingerprint density at radius 1 is 1.58 bits per heavy atom. The highest BCUT2D eigenvalue weighted by Gasteiger charge is 2.26. The fourth-order valence-corrected chi connectivity index (χ4v) is 3.11. The zero-order valence-corrected chi connectivity index (χ0v) is 11.2. The van der Waals surface area contributed by atoms with Crippen LogP contribution in [0.3, 0.4) is 0 Å². The number of hydrogen-bond donors (Lipinski definition) is 2. The Balaban J connectivity index is 1.99. The molecule has 1 saturated heterocycles. The van der Waals surface area contributed by atoms with E-state index in [0.717, 1.165) is 36.0 Å². The number of likely N-dealkylation sites (tertiary alicyclic amines) is 1. The SMILES string of the molecule is NC(=O)C1CCN(Cc2sccc2/C=C/C(=O)O)C1. The molecule has 1 fully saturated rings. The minimum absolute atomic E-state index is 0.0574. The first-order valence-corrected chi connectivity index (χ1v) is 6.93. The summed E-state index contributed by atoms with van der Waals surface area (Å²) in [6, 6.07) is 1.90. The second-order valence-electron chi connectivity index (χ2n) is 4.59. The number of primary amides is 1. The summed E-state index contributed by atoms with van der Waals surface area (Å²) in [5, 5.41) is 10.6. The van der Waals surface area contributed by atoms with Crippen molar-refractivity contribution in [3.05, 3.63) is 28.0 Å². The van der Waals surface area contributed by atoms with Crippen molar-refractivity contribution in [1.82, 2.24) is 4.90 Å². The Morgan fingerprint density at radius 3 is 3.00 bits per heavy atom. The van der Waals surface area contributed by atoms with Crippen LogP contribution in [-0.2, 0) is 16.1 Å². The highest BCUT2D eigenvalue weighted by molar-refractivity contribution is 7.10. The van der Waals surface area contributed by atoms with Crippen molar-refractivity contribution in [1.29, 1.82) is 0 Å². The molecule has 0 aliphatic carbocycles. The Labute approximate surface area is 115 Å². The highest BCUT2D eigenvalue weighted by Crippen LogP contribution is 2.24. The average molecular weight is 280 g/mol. The fourth-order valence-electron chi connectivity index (χ4n) is 2.20. The molecule has 3 N–H and O–H groups in total. The van der Waals surface area contributed by atoms with Crippen molar-refractivity contribution in [2.45, 2.75) is 13.0 Å². The topological polar surface area (TPSA) is 83.6 Å². The fraction of sp³-hybridized carbons (Fsp3) is 0.385. The molecule has 1 aliphatic heterocycles. The van der Waals surface area contributed by atoms with Gasteiger partial charge in [-0.25, -0.2) is 4.79 Å². The molecule has 102 valence electrons. The van der Waals surface area contributed by atoms with Crippen molar-refractivity contribution in [3.8, 4) is 0 Å². The maximum atomic E-state index is 11.1. The van der Waals surface area contributed by atoms with Crippen molar-refractivity contribution < 1.29 is 14.7 Å². The van der Waals surface area contributed by atoms with E-state index < -0.39 is 5.97 Å². The van der Waals surface area contributed by atoms with Gasteiger partial charge in [-0.2, -0.15) is 0 Å². The smallest absolute Gasteiger partial charge is 0.328 e. The van der Waals surface area contributed by atoms with Gasteiger partial charge >= 0.3 is 5.97 Å². The van der Waals surface area contributed by atoms with Gasteiger partial charge in [0.25, 0.3) is 0 Å². The number of nitrogens with two attached hydrogens (primary N) is 1. The van der Waals surface area contributed by atoms with Crippen LogP contribution >= 0.6 is 11.3 Å². The summed E-state index contributed by atoms with van der Waals surface area (Å²) >= 11 is 1.60. The molecule has 0 radical (unpaired) electrons. The molecule has 1 aromatic rings. The molecular formula is C13H16N2O3S. The van der Waals surface area contributed by atoms with E-state index in [0.29, 0.717) is 6.54 Å². The molecule has 1 amide bonds. The number of rotatable bonds is 5. The first-order chi connectivity index (χ1) is 9.06. The van der Waals surface area contributed by atoms with Gasteiger partial charge in [-0.1, -0.05) is 0 Å². The molecule has 0 saturated carbocycles. The second-order valence-corrected chi connectivity index (χ2v) is 5.59. The lowest BCUT2D eigenvalue weighted by atomic mass is 10.1. The Morgan fingerprint density at radius 2 is 2.37 bits per heavy atom. The molecule has 1 aliphatic rings. The Hall–Kier alpha value is -1.66. The van der Waals surface area contributed by atoms with Crippen molar-refractivity contribution in [3.63, 3.8) is 0 Å².